The molecule has 116 valence electrons. The molecule has 2 rings (SSSR count). The van der Waals surface area contributed by atoms with Crippen LogP contribution in [-0.2, 0) is 9.84 Å². The number of nitrogens with one attached hydrogen (secondary N) is 2. The number of likely N-dealkylation sites (tertiary alicyclic amines) is 1. The van der Waals surface area contributed by atoms with Gasteiger partial charge in [-0.05, 0) is 32.4 Å². The Labute approximate surface area is 121 Å². The van der Waals surface area contributed by atoms with Crippen LogP contribution >= 0.6 is 0 Å². The first-order valence-electron chi connectivity index (χ1n) is 7.45. The number of rotatable bonds is 4. The highest BCUT2D eigenvalue weighted by atomic mass is 32.2. The molecule has 2 fully saturated rings. The first-order valence-corrected chi connectivity index (χ1v) is 9.28. The molecule has 2 heterocycles. The number of likely N-dealkylation sites (N-methyl/N-ethyl adjacent to an activating group) is 1. The van der Waals surface area contributed by atoms with E-state index in [1.54, 1.807) is 7.05 Å². The van der Waals surface area contributed by atoms with Crippen LogP contribution in [0.25, 0.3) is 0 Å². The van der Waals surface area contributed by atoms with E-state index in [4.69, 9.17) is 0 Å². The standard InChI is InChI=1S/C13H26N4O2S/c1-3-17-7-4-5-12(17)9-15-13(14-2)16-11-6-8-20(18,19)10-11/h11-12H,3-10H2,1-2H3,(H2,14,15,16). The fourth-order valence-corrected chi connectivity index (χ4v) is 4.73. The zero-order valence-corrected chi connectivity index (χ0v) is 13.2. The third-order valence-corrected chi connectivity index (χ3v) is 5.98. The van der Waals surface area contributed by atoms with E-state index < -0.39 is 9.84 Å². The number of nitrogens with zero attached hydrogens (tertiary/aromatic N) is 2. The molecule has 0 bridgehead atoms. The molecule has 0 aromatic carbocycles. The van der Waals surface area contributed by atoms with Gasteiger partial charge in [0, 0.05) is 25.7 Å². The Morgan fingerprint density at radius 1 is 1.40 bits per heavy atom. The van der Waals surface area contributed by atoms with E-state index in [1.807, 2.05) is 0 Å². The van der Waals surface area contributed by atoms with Crippen molar-refractivity contribution in [2.75, 3.05) is 38.2 Å². The summed E-state index contributed by atoms with van der Waals surface area (Å²) in [6.07, 6.45) is 3.15. The number of aliphatic imine (C=N–C) groups is 1. The van der Waals surface area contributed by atoms with Gasteiger partial charge in [0.05, 0.1) is 11.5 Å². The van der Waals surface area contributed by atoms with Crippen molar-refractivity contribution < 1.29 is 8.42 Å². The first kappa shape index (κ1) is 15.6. The van der Waals surface area contributed by atoms with Gasteiger partial charge < -0.3 is 10.6 Å². The molecule has 0 amide bonds. The predicted molar refractivity (Wildman–Crippen MR) is 81.8 cm³/mol. The summed E-state index contributed by atoms with van der Waals surface area (Å²) in [4.78, 5) is 6.66. The lowest BCUT2D eigenvalue weighted by molar-refractivity contribution is 0.267. The van der Waals surface area contributed by atoms with Crippen LogP contribution in [0.4, 0.5) is 0 Å². The molecule has 0 aromatic rings. The predicted octanol–water partition coefficient (Wildman–Crippen LogP) is -0.177. The minimum absolute atomic E-state index is 0.00273. The quantitative estimate of drug-likeness (QED) is 0.557. The normalized spacial score (nSPS) is 30.6. The van der Waals surface area contributed by atoms with Crippen LogP contribution in [0.2, 0.25) is 0 Å². The van der Waals surface area contributed by atoms with Crippen molar-refractivity contribution in [2.24, 2.45) is 4.99 Å². The Hall–Kier alpha value is -0.820. The summed E-state index contributed by atoms with van der Waals surface area (Å²) < 4.78 is 22.9. The van der Waals surface area contributed by atoms with Gasteiger partial charge in [-0.2, -0.15) is 0 Å². The van der Waals surface area contributed by atoms with Crippen LogP contribution in [0.1, 0.15) is 26.2 Å². The molecule has 0 spiro atoms. The molecule has 2 atom stereocenters. The van der Waals surface area contributed by atoms with Crippen molar-refractivity contribution in [3.05, 3.63) is 0 Å². The molecule has 2 saturated heterocycles. The lowest BCUT2D eigenvalue weighted by Crippen LogP contribution is -2.48. The van der Waals surface area contributed by atoms with Crippen molar-refractivity contribution >= 4 is 15.8 Å². The minimum Gasteiger partial charge on any atom is -0.355 e. The van der Waals surface area contributed by atoms with Crippen molar-refractivity contribution in [2.45, 2.75) is 38.3 Å². The van der Waals surface area contributed by atoms with Crippen LogP contribution in [-0.4, -0.2) is 69.5 Å². The van der Waals surface area contributed by atoms with Crippen LogP contribution in [0.3, 0.4) is 0 Å². The zero-order chi connectivity index (χ0) is 14.6. The molecule has 0 radical (unpaired) electrons. The first-order chi connectivity index (χ1) is 9.54. The van der Waals surface area contributed by atoms with Crippen LogP contribution in [0, 0.1) is 0 Å². The van der Waals surface area contributed by atoms with Crippen molar-refractivity contribution in [3.63, 3.8) is 0 Å². The van der Waals surface area contributed by atoms with Crippen molar-refractivity contribution in [1.29, 1.82) is 0 Å². The molecule has 20 heavy (non-hydrogen) atoms. The molecule has 7 heteroatoms. The van der Waals surface area contributed by atoms with E-state index in [0.717, 1.165) is 19.0 Å². The number of hydrogen-bond acceptors (Lipinski definition) is 4. The summed E-state index contributed by atoms with van der Waals surface area (Å²) in [6, 6.07) is 0.558. The summed E-state index contributed by atoms with van der Waals surface area (Å²) in [5, 5.41) is 6.55. The Morgan fingerprint density at radius 2 is 2.20 bits per heavy atom. The Bertz CT molecular complexity index is 449. The van der Waals surface area contributed by atoms with E-state index in [2.05, 4.69) is 27.4 Å². The molecule has 2 aliphatic rings. The molecule has 0 aliphatic carbocycles. The molecule has 6 nitrogen and oxygen atoms in total. The average Bonchev–Trinajstić information content (AvgIpc) is 3.00. The molecule has 0 aromatic heterocycles. The second-order valence-corrected chi connectivity index (χ2v) is 7.85. The Morgan fingerprint density at radius 3 is 2.80 bits per heavy atom. The van der Waals surface area contributed by atoms with E-state index in [-0.39, 0.29) is 17.5 Å². The highest BCUT2D eigenvalue weighted by molar-refractivity contribution is 7.91. The summed E-state index contributed by atoms with van der Waals surface area (Å²) in [5.74, 6) is 1.22. The molecular formula is C13H26N4O2S. The van der Waals surface area contributed by atoms with Gasteiger partial charge in [-0.1, -0.05) is 6.92 Å². The van der Waals surface area contributed by atoms with Crippen molar-refractivity contribution in [1.82, 2.24) is 15.5 Å². The third kappa shape index (κ3) is 4.09. The van der Waals surface area contributed by atoms with Crippen LogP contribution in [0.5, 0.6) is 0 Å². The van der Waals surface area contributed by atoms with E-state index >= 15 is 0 Å². The Balaban J connectivity index is 1.79. The highest BCUT2D eigenvalue weighted by Gasteiger charge is 2.29. The SMILES string of the molecule is CCN1CCCC1CNC(=NC)NC1CCS(=O)(=O)C1. The zero-order valence-electron chi connectivity index (χ0n) is 12.4. The topological polar surface area (TPSA) is 73.8 Å². The second-order valence-electron chi connectivity index (χ2n) is 5.62. The number of sulfone groups is 1. The second kappa shape index (κ2) is 6.76. The summed E-state index contributed by atoms with van der Waals surface area (Å²) in [6.45, 7) is 5.32. The monoisotopic (exact) mass is 302 g/mol. The van der Waals surface area contributed by atoms with E-state index in [1.165, 1.54) is 19.4 Å². The molecule has 2 aliphatic heterocycles. The van der Waals surface area contributed by atoms with Crippen molar-refractivity contribution in [3.8, 4) is 0 Å². The van der Waals surface area contributed by atoms with Gasteiger partial charge in [-0.3, -0.25) is 9.89 Å². The fourth-order valence-electron chi connectivity index (χ4n) is 3.05. The molecule has 0 saturated carbocycles. The van der Waals surface area contributed by atoms with Gasteiger partial charge >= 0.3 is 0 Å². The van der Waals surface area contributed by atoms with Gasteiger partial charge in [-0.25, -0.2) is 8.42 Å². The lowest BCUT2D eigenvalue weighted by Gasteiger charge is -2.24. The highest BCUT2D eigenvalue weighted by Crippen LogP contribution is 2.15. The van der Waals surface area contributed by atoms with E-state index in [9.17, 15) is 8.42 Å². The smallest absolute Gasteiger partial charge is 0.191 e. The maximum atomic E-state index is 11.5. The third-order valence-electron chi connectivity index (χ3n) is 4.21. The summed E-state index contributed by atoms with van der Waals surface area (Å²) in [7, 11) is -1.12. The maximum Gasteiger partial charge on any atom is 0.191 e. The maximum absolute atomic E-state index is 11.5. The van der Waals surface area contributed by atoms with Gasteiger partial charge in [-0.15, -0.1) is 0 Å². The van der Waals surface area contributed by atoms with E-state index in [0.29, 0.717) is 12.5 Å². The molecule has 2 unspecified atom stereocenters. The summed E-state index contributed by atoms with van der Waals surface area (Å²) in [5.41, 5.74) is 0. The minimum atomic E-state index is -2.85. The number of hydrogen-bond donors (Lipinski definition) is 2. The van der Waals surface area contributed by atoms with Gasteiger partial charge in [0.2, 0.25) is 0 Å². The fraction of sp³-hybridized carbons (Fsp3) is 0.923. The lowest BCUT2D eigenvalue weighted by atomic mass is 10.2. The van der Waals surface area contributed by atoms with Crippen LogP contribution < -0.4 is 10.6 Å². The average molecular weight is 302 g/mol. The van der Waals surface area contributed by atoms with Crippen LogP contribution in [0.15, 0.2) is 4.99 Å². The Kier molecular flexibility index (Phi) is 5.26. The number of guanidine groups is 1. The molecule has 2 N–H and O–H groups in total. The van der Waals surface area contributed by atoms with Gasteiger partial charge in [0.15, 0.2) is 15.8 Å². The largest absolute Gasteiger partial charge is 0.355 e. The van der Waals surface area contributed by atoms with Gasteiger partial charge in [0.25, 0.3) is 0 Å². The summed E-state index contributed by atoms with van der Waals surface area (Å²) >= 11 is 0. The molecular weight excluding hydrogens is 276 g/mol. The van der Waals surface area contributed by atoms with Gasteiger partial charge in [0.1, 0.15) is 0 Å².